The molecule has 10 atom stereocenters. The minimum absolute atomic E-state index is 0.0418. The van der Waals surface area contributed by atoms with Crippen LogP contribution in [0.5, 0.6) is 0 Å². The molecule has 1 aromatic carbocycles. The van der Waals surface area contributed by atoms with Gasteiger partial charge < -0.3 is 90.8 Å². The summed E-state index contributed by atoms with van der Waals surface area (Å²) in [5, 5.41) is 62.6. The lowest BCUT2D eigenvalue weighted by atomic mass is 10.0. The first-order valence-electron chi connectivity index (χ1n) is 25.3. The third kappa shape index (κ3) is 24.6. The number of nitrogens with two attached hydrogens (primary N) is 3. The number of aliphatic carboxylic acids is 3. The molecule has 0 bridgehead atoms. The Bertz CT molecular complexity index is 2370. The highest BCUT2D eigenvalue weighted by molar-refractivity contribution is 6.00. The second kappa shape index (κ2) is 33.6. The monoisotopic (exact) mass is 1120 g/mol. The number of carboxylic acids is 3. The van der Waals surface area contributed by atoms with Crippen LogP contribution in [0.3, 0.4) is 0 Å². The Hall–Kier alpha value is -8.48. The SMILES string of the molecule is CC(C)[C@@H]1NC(=O)[C@H](CCCN=C(N)N)NC(=O)[C@H](Cc2ccccc2)NC(=O)[C@H](CCCCN)NC(=O)[C@H](CC(=O)O)NC(=O)CNC(=O)[C@H]([C@@H](C)O)NC(=O)[C@H](CCC(=O)O)NC(=O)[C@H](C)NC(=O)[C@H](CC(=O)O)NC1=O. The number of rotatable bonds is 19. The molecular formula is C48H74N14O17. The number of aliphatic hydroxyl groups excluding tert-OH is 1. The maximum atomic E-state index is 14.4. The van der Waals surface area contributed by atoms with Gasteiger partial charge in [-0.3, -0.25) is 67.3 Å². The van der Waals surface area contributed by atoms with Crippen molar-refractivity contribution in [2.75, 3.05) is 19.6 Å². The predicted octanol–water partition coefficient (Wildman–Crippen LogP) is -6.22. The van der Waals surface area contributed by atoms with E-state index in [0.29, 0.717) is 12.0 Å². The number of benzene rings is 1. The van der Waals surface area contributed by atoms with Crippen LogP contribution in [0.2, 0.25) is 0 Å². The van der Waals surface area contributed by atoms with E-state index in [9.17, 15) is 82.8 Å². The molecule has 79 heavy (non-hydrogen) atoms. The zero-order chi connectivity index (χ0) is 59.5. The summed E-state index contributed by atoms with van der Waals surface area (Å²) >= 11 is 0. The molecule has 0 saturated carbocycles. The first kappa shape index (κ1) is 66.6. The van der Waals surface area contributed by atoms with Gasteiger partial charge in [0.2, 0.25) is 59.1 Å². The minimum Gasteiger partial charge on any atom is -0.481 e. The number of carboxylic acid groups (broad SMARTS) is 3. The highest BCUT2D eigenvalue weighted by Gasteiger charge is 2.37. The Balaban J connectivity index is 2.82. The van der Waals surface area contributed by atoms with Crippen molar-refractivity contribution in [2.45, 2.75) is 152 Å². The van der Waals surface area contributed by atoms with Crippen LogP contribution in [0.15, 0.2) is 35.3 Å². The summed E-state index contributed by atoms with van der Waals surface area (Å²) < 4.78 is 0. The van der Waals surface area contributed by atoms with Gasteiger partial charge in [-0.05, 0) is 70.4 Å². The van der Waals surface area contributed by atoms with E-state index in [1.807, 2.05) is 0 Å². The fourth-order valence-electron chi connectivity index (χ4n) is 7.62. The molecule has 1 saturated heterocycles. The number of aliphatic hydroxyl groups is 1. The van der Waals surface area contributed by atoms with Gasteiger partial charge in [-0.15, -0.1) is 0 Å². The zero-order valence-corrected chi connectivity index (χ0v) is 44.2. The van der Waals surface area contributed by atoms with Crippen LogP contribution < -0.4 is 70.4 Å². The Labute approximate surface area is 453 Å². The number of guanidine groups is 1. The molecule has 20 N–H and O–H groups in total. The second-order valence-electron chi connectivity index (χ2n) is 18.9. The van der Waals surface area contributed by atoms with E-state index in [0.717, 1.165) is 13.8 Å². The van der Waals surface area contributed by atoms with Gasteiger partial charge in [0, 0.05) is 19.4 Å². The average Bonchev–Trinajstić information content (AvgIpc) is 3.36. The first-order chi connectivity index (χ1) is 37.1. The van der Waals surface area contributed by atoms with Crippen molar-refractivity contribution in [3.05, 3.63) is 35.9 Å². The van der Waals surface area contributed by atoms with Crippen LogP contribution in [0.1, 0.15) is 91.0 Å². The molecule has 2 rings (SSSR count). The summed E-state index contributed by atoms with van der Waals surface area (Å²) in [4.78, 5) is 178. The minimum atomic E-state index is -1.93. The highest BCUT2D eigenvalue weighted by Crippen LogP contribution is 2.12. The van der Waals surface area contributed by atoms with Gasteiger partial charge in [-0.2, -0.15) is 0 Å². The second-order valence-corrected chi connectivity index (χ2v) is 18.9. The molecule has 1 aliphatic rings. The summed E-state index contributed by atoms with van der Waals surface area (Å²) in [6.07, 6.45) is -5.26. The van der Waals surface area contributed by atoms with Crippen LogP contribution in [0.25, 0.3) is 0 Å². The highest BCUT2D eigenvalue weighted by atomic mass is 16.4. The third-order valence-electron chi connectivity index (χ3n) is 11.9. The number of hydrogen-bond donors (Lipinski definition) is 17. The van der Waals surface area contributed by atoms with Crippen molar-refractivity contribution < 1.29 is 82.8 Å². The summed E-state index contributed by atoms with van der Waals surface area (Å²) in [6, 6.07) is -7.10. The molecule has 10 amide bonds. The average molecular weight is 1120 g/mol. The fourth-order valence-corrected chi connectivity index (χ4v) is 7.62. The lowest BCUT2D eigenvalue weighted by molar-refractivity contribution is -0.142. The van der Waals surface area contributed by atoms with E-state index < -0.39 is 176 Å². The smallest absolute Gasteiger partial charge is 0.305 e. The molecule has 0 aliphatic carbocycles. The van der Waals surface area contributed by atoms with Crippen LogP contribution in [-0.2, 0) is 68.7 Å². The van der Waals surface area contributed by atoms with Crippen molar-refractivity contribution in [1.29, 1.82) is 0 Å². The maximum absolute atomic E-state index is 14.4. The Kier molecular flexibility index (Phi) is 28.4. The molecule has 1 heterocycles. The summed E-state index contributed by atoms with van der Waals surface area (Å²) in [5.41, 5.74) is 17.2. The predicted molar refractivity (Wildman–Crippen MR) is 277 cm³/mol. The Morgan fingerprint density at radius 1 is 0.557 bits per heavy atom. The number of carbonyl (C=O) groups is 13. The number of nitrogens with one attached hydrogen (secondary N) is 10. The number of nitrogens with zero attached hydrogens (tertiary/aromatic N) is 1. The topological polar surface area (TPSA) is 514 Å². The Morgan fingerprint density at radius 2 is 1.03 bits per heavy atom. The number of unbranched alkanes of at least 4 members (excludes halogenated alkanes) is 1. The molecule has 31 nitrogen and oxygen atoms in total. The van der Waals surface area contributed by atoms with Gasteiger partial charge in [0.1, 0.15) is 54.4 Å². The lowest BCUT2D eigenvalue weighted by Gasteiger charge is -2.29. The van der Waals surface area contributed by atoms with E-state index in [1.54, 1.807) is 30.3 Å². The van der Waals surface area contributed by atoms with E-state index in [4.69, 9.17) is 17.2 Å². The molecule has 0 spiro atoms. The van der Waals surface area contributed by atoms with E-state index in [-0.39, 0.29) is 51.2 Å². The van der Waals surface area contributed by atoms with Gasteiger partial charge in [-0.25, -0.2) is 0 Å². The van der Waals surface area contributed by atoms with Gasteiger partial charge in [-0.1, -0.05) is 44.2 Å². The summed E-state index contributed by atoms with van der Waals surface area (Å²) in [6.45, 7) is 4.19. The summed E-state index contributed by atoms with van der Waals surface area (Å²) in [5.74, 6) is -17.0. The van der Waals surface area contributed by atoms with Crippen molar-refractivity contribution in [1.82, 2.24) is 53.2 Å². The van der Waals surface area contributed by atoms with Gasteiger partial charge in [0.25, 0.3) is 0 Å². The number of hydrogen-bond acceptors (Lipinski definition) is 16. The normalized spacial score (nSPS) is 24.5. The van der Waals surface area contributed by atoms with Crippen LogP contribution in [0.4, 0.5) is 0 Å². The van der Waals surface area contributed by atoms with Crippen molar-refractivity contribution >= 4 is 82.9 Å². The summed E-state index contributed by atoms with van der Waals surface area (Å²) in [7, 11) is 0. The quantitative estimate of drug-likeness (QED) is 0.0348. The zero-order valence-electron chi connectivity index (χ0n) is 44.2. The van der Waals surface area contributed by atoms with Crippen molar-refractivity contribution in [3.63, 3.8) is 0 Å². The number of carbonyl (C=O) groups excluding carboxylic acids is 10. The maximum Gasteiger partial charge on any atom is 0.305 e. The Morgan fingerprint density at radius 3 is 1.56 bits per heavy atom. The molecule has 0 aromatic heterocycles. The molecule has 1 aliphatic heterocycles. The van der Waals surface area contributed by atoms with Gasteiger partial charge in [0.05, 0.1) is 25.5 Å². The molecule has 31 heteroatoms. The standard InChI is InChI=1S/C48H74N14O17/c1-23(2)37-47(79)60-32(21-36(69)70)43(75)54-24(3)39(71)56-29(15-16-34(65)66)42(74)62-38(25(4)63)46(78)53-22-33(64)55-31(20-35(67)68)45(77)57-27(13-8-9-17-49)40(72)59-30(19-26-11-6-5-7-12-26)44(76)58-28(41(73)61-37)14-10-18-52-48(50)51/h5-7,11-12,23-25,27-32,37-38,63H,8-10,13-22,49H2,1-4H3,(H,53,78)(H,54,75)(H,55,64)(H,56,71)(H,57,77)(H,58,76)(H,59,72)(H,60,79)(H,61,73)(H,62,74)(H,65,66)(H,67,68)(H,69,70)(H4,50,51,52)/t24-,25+,27-,28-,29-,30-,31-,32-,37-,38-/m0/s1. The molecule has 1 aromatic rings. The molecule has 438 valence electrons. The van der Waals surface area contributed by atoms with Crippen molar-refractivity contribution in [2.24, 2.45) is 28.1 Å². The van der Waals surface area contributed by atoms with Crippen LogP contribution in [-0.4, -0.2) is 183 Å². The van der Waals surface area contributed by atoms with Gasteiger partial charge in [0.15, 0.2) is 5.96 Å². The molecular weight excluding hydrogens is 1040 g/mol. The van der Waals surface area contributed by atoms with E-state index >= 15 is 0 Å². The van der Waals surface area contributed by atoms with Crippen LogP contribution >= 0.6 is 0 Å². The van der Waals surface area contributed by atoms with Crippen molar-refractivity contribution in [3.8, 4) is 0 Å². The number of amides is 10. The van der Waals surface area contributed by atoms with Crippen LogP contribution in [0, 0.1) is 5.92 Å². The first-order valence-corrected chi connectivity index (χ1v) is 25.3. The third-order valence-corrected chi connectivity index (χ3v) is 11.9. The van der Waals surface area contributed by atoms with E-state index in [1.165, 1.54) is 13.8 Å². The largest absolute Gasteiger partial charge is 0.481 e. The lowest BCUT2D eigenvalue weighted by Crippen LogP contribution is -2.62. The fraction of sp³-hybridized carbons (Fsp3) is 0.583. The molecule has 0 unspecified atom stereocenters. The molecule has 0 radical (unpaired) electrons. The molecule has 1 fully saturated rings. The number of aliphatic imine (C=N–C) groups is 1. The van der Waals surface area contributed by atoms with E-state index in [2.05, 4.69) is 58.2 Å². The van der Waals surface area contributed by atoms with Gasteiger partial charge >= 0.3 is 17.9 Å².